The van der Waals surface area contributed by atoms with E-state index in [0.29, 0.717) is 50.7 Å². The third-order valence-corrected chi connectivity index (χ3v) is 6.17. The Labute approximate surface area is 192 Å². The highest BCUT2D eigenvalue weighted by Crippen LogP contribution is 2.25. The van der Waals surface area contributed by atoms with E-state index in [9.17, 15) is 9.59 Å². The molecule has 0 spiro atoms. The van der Waals surface area contributed by atoms with E-state index in [1.807, 2.05) is 42.3 Å². The number of aromatic nitrogens is 2. The summed E-state index contributed by atoms with van der Waals surface area (Å²) in [5.41, 5.74) is 2.03. The largest absolute Gasteiger partial charge is 0.483 e. The number of likely N-dealkylation sites (tertiary alicyclic amines) is 1. The molecule has 2 fully saturated rings. The lowest BCUT2D eigenvalue weighted by Gasteiger charge is -2.30. The molecule has 1 aromatic carbocycles. The molecule has 3 heterocycles. The number of likely N-dealkylation sites (N-methyl/N-ethyl adjacent to an activating group) is 1. The number of amides is 2. The van der Waals surface area contributed by atoms with E-state index in [1.165, 1.54) is 0 Å². The maximum atomic E-state index is 12.8. The predicted octanol–water partition coefficient (Wildman–Crippen LogP) is 1.22. The molecule has 4 rings (SSSR count). The zero-order valence-corrected chi connectivity index (χ0v) is 18.8. The Balaban J connectivity index is 0.000000968. The minimum absolute atomic E-state index is 0.160. The number of carbonyl (C=O) groups excluding carboxylic acids is 2. The maximum absolute atomic E-state index is 12.8. The maximum Gasteiger partial charge on any atom is 0.290 e. The van der Waals surface area contributed by atoms with E-state index in [-0.39, 0.29) is 30.4 Å². The standard InChI is InChI=1S/C22H29N5O3.CH2O2/c1-26-17(13-19(28)27-9-11-30-12-10-27)7-8-18(26)14-23-22(29)21-20(24-15-25-21)16-5-3-2-4-6-16;2-1-3/h2-6,15,17-18H,7-14H2,1H3,(H,23,29)(H,24,25);1H,(H,2,3)/t17-,18+;/m1./s1. The number of rotatable bonds is 6. The van der Waals surface area contributed by atoms with Crippen molar-refractivity contribution in [3.05, 3.63) is 42.4 Å². The number of ether oxygens (including phenoxy) is 1. The first kappa shape index (κ1) is 24.4. The van der Waals surface area contributed by atoms with Gasteiger partial charge in [0.25, 0.3) is 12.4 Å². The van der Waals surface area contributed by atoms with Crippen molar-refractivity contribution in [1.29, 1.82) is 0 Å². The summed E-state index contributed by atoms with van der Waals surface area (Å²) in [6.07, 6.45) is 4.00. The summed E-state index contributed by atoms with van der Waals surface area (Å²) in [4.78, 5) is 45.1. The lowest BCUT2D eigenvalue weighted by molar-refractivity contribution is -0.136. The Morgan fingerprint density at radius 3 is 2.58 bits per heavy atom. The van der Waals surface area contributed by atoms with Crippen LogP contribution >= 0.6 is 0 Å². The molecule has 0 aliphatic carbocycles. The van der Waals surface area contributed by atoms with Gasteiger partial charge in [0.2, 0.25) is 5.91 Å². The second-order valence-electron chi connectivity index (χ2n) is 8.06. The normalized spacial score (nSPS) is 20.6. The number of imidazole rings is 1. The van der Waals surface area contributed by atoms with Crippen LogP contribution in [0.5, 0.6) is 0 Å². The van der Waals surface area contributed by atoms with Gasteiger partial charge in [0.15, 0.2) is 0 Å². The second kappa shape index (κ2) is 12.1. The van der Waals surface area contributed by atoms with Crippen molar-refractivity contribution >= 4 is 18.3 Å². The number of carbonyl (C=O) groups is 3. The van der Waals surface area contributed by atoms with E-state index < -0.39 is 0 Å². The lowest BCUT2D eigenvalue weighted by Crippen LogP contribution is -2.45. The lowest BCUT2D eigenvalue weighted by atomic mass is 10.1. The third kappa shape index (κ3) is 6.39. The SMILES string of the molecule is CN1[C@@H](CC(=O)N2CCOCC2)CC[C@H]1CNC(=O)c1[nH]cnc1-c1ccccc1.O=CO. The van der Waals surface area contributed by atoms with E-state index >= 15 is 0 Å². The van der Waals surface area contributed by atoms with Crippen LogP contribution in [-0.4, -0.2) is 95.1 Å². The Hall–Kier alpha value is -3.24. The summed E-state index contributed by atoms with van der Waals surface area (Å²) in [7, 11) is 2.05. The van der Waals surface area contributed by atoms with Crippen molar-refractivity contribution in [1.82, 2.24) is 25.1 Å². The average molecular weight is 458 g/mol. The highest BCUT2D eigenvalue weighted by molar-refractivity contribution is 5.98. The van der Waals surface area contributed by atoms with Gasteiger partial charge in [-0.05, 0) is 19.9 Å². The topological polar surface area (TPSA) is 128 Å². The van der Waals surface area contributed by atoms with Crippen LogP contribution in [0.2, 0.25) is 0 Å². The van der Waals surface area contributed by atoms with Crippen LogP contribution in [0.25, 0.3) is 11.3 Å². The van der Waals surface area contributed by atoms with Crippen LogP contribution in [0, 0.1) is 0 Å². The molecule has 0 bridgehead atoms. The molecule has 0 radical (unpaired) electrons. The molecule has 0 unspecified atom stereocenters. The average Bonchev–Trinajstić information content (AvgIpc) is 3.47. The first-order valence-corrected chi connectivity index (χ1v) is 11.1. The molecule has 10 nitrogen and oxygen atoms in total. The number of H-pyrrole nitrogens is 1. The fourth-order valence-corrected chi connectivity index (χ4v) is 4.31. The molecule has 33 heavy (non-hydrogen) atoms. The summed E-state index contributed by atoms with van der Waals surface area (Å²) in [6, 6.07) is 10.1. The number of carboxylic acid groups (broad SMARTS) is 1. The van der Waals surface area contributed by atoms with Gasteiger partial charge in [-0.3, -0.25) is 19.3 Å². The number of morpholine rings is 1. The first-order valence-electron chi connectivity index (χ1n) is 11.1. The zero-order valence-electron chi connectivity index (χ0n) is 18.8. The Kier molecular flexibility index (Phi) is 8.96. The van der Waals surface area contributed by atoms with Crippen LogP contribution in [0.4, 0.5) is 0 Å². The van der Waals surface area contributed by atoms with Crippen LogP contribution in [0.1, 0.15) is 29.8 Å². The molecule has 2 aliphatic rings. The molecule has 2 amide bonds. The van der Waals surface area contributed by atoms with Crippen LogP contribution in [0.15, 0.2) is 36.7 Å². The number of hydrogen-bond donors (Lipinski definition) is 3. The number of nitrogens with zero attached hydrogens (tertiary/aromatic N) is 3. The molecule has 1 aromatic heterocycles. The quantitative estimate of drug-likeness (QED) is 0.557. The number of benzene rings is 1. The van der Waals surface area contributed by atoms with Gasteiger partial charge >= 0.3 is 0 Å². The van der Waals surface area contributed by atoms with Crippen molar-refractivity contribution in [3.8, 4) is 11.3 Å². The minimum atomic E-state index is -0.250. The van der Waals surface area contributed by atoms with Crippen molar-refractivity contribution in [2.45, 2.75) is 31.3 Å². The Bertz CT molecular complexity index is 913. The van der Waals surface area contributed by atoms with Crippen molar-refractivity contribution in [2.24, 2.45) is 0 Å². The van der Waals surface area contributed by atoms with E-state index in [1.54, 1.807) is 6.33 Å². The third-order valence-electron chi connectivity index (χ3n) is 6.17. The van der Waals surface area contributed by atoms with Crippen LogP contribution in [-0.2, 0) is 14.3 Å². The highest BCUT2D eigenvalue weighted by Gasteiger charge is 2.33. The first-order chi connectivity index (χ1) is 16.0. The molecule has 2 atom stereocenters. The molecule has 2 aliphatic heterocycles. The molecule has 2 saturated heterocycles. The monoisotopic (exact) mass is 457 g/mol. The number of hydrogen-bond acceptors (Lipinski definition) is 6. The molecular formula is C23H31N5O5. The van der Waals surface area contributed by atoms with Crippen LogP contribution < -0.4 is 5.32 Å². The van der Waals surface area contributed by atoms with Gasteiger partial charge < -0.3 is 25.0 Å². The molecule has 178 valence electrons. The zero-order chi connectivity index (χ0) is 23.6. The summed E-state index contributed by atoms with van der Waals surface area (Å²) in [6.45, 7) is 2.91. The fraction of sp³-hybridized carbons (Fsp3) is 0.478. The molecular weight excluding hydrogens is 426 g/mol. The fourth-order valence-electron chi connectivity index (χ4n) is 4.31. The minimum Gasteiger partial charge on any atom is -0.483 e. The summed E-state index contributed by atoms with van der Waals surface area (Å²) in [5, 5.41) is 9.93. The van der Waals surface area contributed by atoms with Gasteiger partial charge in [-0.1, -0.05) is 30.3 Å². The molecule has 0 saturated carbocycles. The van der Waals surface area contributed by atoms with Gasteiger partial charge in [0, 0.05) is 43.7 Å². The van der Waals surface area contributed by atoms with Crippen molar-refractivity contribution in [3.63, 3.8) is 0 Å². The predicted molar refractivity (Wildman–Crippen MR) is 122 cm³/mol. The van der Waals surface area contributed by atoms with E-state index in [2.05, 4.69) is 20.2 Å². The summed E-state index contributed by atoms with van der Waals surface area (Å²) in [5.74, 6) is 0.0393. The molecule has 2 aromatic rings. The van der Waals surface area contributed by atoms with Gasteiger partial charge in [-0.15, -0.1) is 0 Å². The van der Waals surface area contributed by atoms with Gasteiger partial charge in [0.1, 0.15) is 11.4 Å². The Morgan fingerprint density at radius 1 is 1.21 bits per heavy atom. The second-order valence-corrected chi connectivity index (χ2v) is 8.06. The van der Waals surface area contributed by atoms with E-state index in [0.717, 1.165) is 18.4 Å². The van der Waals surface area contributed by atoms with E-state index in [4.69, 9.17) is 14.6 Å². The van der Waals surface area contributed by atoms with Gasteiger partial charge in [-0.25, -0.2) is 4.98 Å². The summed E-state index contributed by atoms with van der Waals surface area (Å²) >= 11 is 0. The number of nitrogens with one attached hydrogen (secondary N) is 2. The Morgan fingerprint density at radius 2 is 1.88 bits per heavy atom. The smallest absolute Gasteiger partial charge is 0.290 e. The van der Waals surface area contributed by atoms with Gasteiger partial charge in [0.05, 0.1) is 19.5 Å². The highest BCUT2D eigenvalue weighted by atomic mass is 16.5. The molecule has 10 heteroatoms. The van der Waals surface area contributed by atoms with Crippen molar-refractivity contribution in [2.75, 3.05) is 39.9 Å². The van der Waals surface area contributed by atoms with Crippen molar-refractivity contribution < 1.29 is 24.2 Å². The summed E-state index contributed by atoms with van der Waals surface area (Å²) < 4.78 is 5.33. The molecule has 3 N–H and O–H groups in total. The van der Waals surface area contributed by atoms with Gasteiger partial charge in [-0.2, -0.15) is 0 Å². The number of aromatic amines is 1. The van der Waals surface area contributed by atoms with Crippen LogP contribution in [0.3, 0.4) is 0 Å².